The van der Waals surface area contributed by atoms with E-state index in [1.807, 2.05) is 17.0 Å². The molecule has 35 heavy (non-hydrogen) atoms. The second-order valence-corrected chi connectivity index (χ2v) is 8.80. The summed E-state index contributed by atoms with van der Waals surface area (Å²) in [5, 5.41) is 10.2. The highest BCUT2D eigenvalue weighted by molar-refractivity contribution is 5.83. The minimum Gasteiger partial charge on any atom is -0.483 e. The molecule has 0 amide bonds. The number of hydrogen-bond donors (Lipinski definition) is 1. The first-order chi connectivity index (χ1) is 16.3. The fourth-order valence-electron chi connectivity index (χ4n) is 3.64. The van der Waals surface area contributed by atoms with Crippen LogP contribution in [-0.2, 0) is 12.1 Å². The van der Waals surface area contributed by atoms with E-state index in [2.05, 4.69) is 4.98 Å². The Kier molecular flexibility index (Phi) is 7.50. The molecule has 0 aliphatic rings. The van der Waals surface area contributed by atoms with E-state index < -0.39 is 24.2 Å². The van der Waals surface area contributed by atoms with E-state index >= 15 is 0 Å². The Hall–Kier alpha value is -3.46. The molecule has 1 heterocycles. The van der Waals surface area contributed by atoms with Crippen molar-refractivity contribution in [1.29, 1.82) is 0 Å². The van der Waals surface area contributed by atoms with Crippen molar-refractivity contribution in [3.8, 4) is 17.0 Å². The molecule has 0 aliphatic heterocycles. The molecule has 1 N–H and O–H groups in total. The summed E-state index contributed by atoms with van der Waals surface area (Å²) in [6.07, 6.45) is -3.96. The molecule has 0 atom stereocenters. The fraction of sp³-hybridized carbons (Fsp3) is 0.308. The number of aromatic nitrogens is 1. The Morgan fingerprint density at radius 2 is 1.74 bits per heavy atom. The van der Waals surface area contributed by atoms with Crippen LogP contribution in [0.1, 0.15) is 41.0 Å². The normalized spacial score (nSPS) is 11.9. The molecular weight excluding hydrogens is 464 g/mol. The van der Waals surface area contributed by atoms with Gasteiger partial charge in [0, 0.05) is 47.7 Å². The SMILES string of the molecule is Cc1cc(C=O)c(CN(C)c2ccc(C(C)(C)O)cc2)c(-c2ccc(F)cc2OCC(F)(F)F)n1. The lowest BCUT2D eigenvalue weighted by Gasteiger charge is -2.24. The molecule has 5 nitrogen and oxygen atoms in total. The summed E-state index contributed by atoms with van der Waals surface area (Å²) in [6.45, 7) is 3.58. The number of rotatable bonds is 8. The van der Waals surface area contributed by atoms with Gasteiger partial charge in [0.25, 0.3) is 0 Å². The van der Waals surface area contributed by atoms with Crippen LogP contribution in [0.5, 0.6) is 5.75 Å². The minimum absolute atomic E-state index is 0.142. The van der Waals surface area contributed by atoms with Gasteiger partial charge in [-0.2, -0.15) is 13.2 Å². The molecule has 0 aliphatic carbocycles. The van der Waals surface area contributed by atoms with Crippen LogP contribution in [0.25, 0.3) is 11.3 Å². The van der Waals surface area contributed by atoms with Crippen LogP contribution in [0.3, 0.4) is 0 Å². The van der Waals surface area contributed by atoms with Crippen LogP contribution in [0.15, 0.2) is 48.5 Å². The van der Waals surface area contributed by atoms with Gasteiger partial charge in [0.05, 0.1) is 11.3 Å². The molecule has 0 radical (unpaired) electrons. The number of aldehydes is 1. The van der Waals surface area contributed by atoms with Crippen molar-refractivity contribution >= 4 is 12.0 Å². The molecule has 3 rings (SSSR count). The highest BCUT2D eigenvalue weighted by atomic mass is 19.4. The molecule has 3 aromatic rings. The maximum Gasteiger partial charge on any atom is 0.422 e. The average Bonchev–Trinajstić information content (AvgIpc) is 2.77. The Labute approximate surface area is 201 Å². The Morgan fingerprint density at radius 3 is 2.31 bits per heavy atom. The number of hydrogen-bond acceptors (Lipinski definition) is 5. The smallest absolute Gasteiger partial charge is 0.422 e. The number of benzene rings is 2. The predicted octanol–water partition coefficient (Wildman–Crippen LogP) is 5.81. The van der Waals surface area contributed by atoms with Crippen LogP contribution in [0.4, 0.5) is 23.2 Å². The summed E-state index contributed by atoms with van der Waals surface area (Å²) in [5.74, 6) is -1.09. The zero-order valence-electron chi connectivity index (χ0n) is 19.8. The van der Waals surface area contributed by atoms with Gasteiger partial charge in [-0.05, 0) is 56.7 Å². The lowest BCUT2D eigenvalue weighted by Crippen LogP contribution is -2.21. The van der Waals surface area contributed by atoms with E-state index in [4.69, 9.17) is 4.74 Å². The van der Waals surface area contributed by atoms with Gasteiger partial charge in [0.15, 0.2) is 12.9 Å². The second-order valence-electron chi connectivity index (χ2n) is 8.80. The van der Waals surface area contributed by atoms with Crippen molar-refractivity contribution in [2.24, 2.45) is 0 Å². The maximum atomic E-state index is 13.9. The number of aliphatic hydroxyl groups is 1. The minimum atomic E-state index is -4.62. The molecule has 0 spiro atoms. The van der Waals surface area contributed by atoms with Gasteiger partial charge >= 0.3 is 6.18 Å². The van der Waals surface area contributed by atoms with Crippen molar-refractivity contribution in [2.45, 2.75) is 39.1 Å². The molecule has 186 valence electrons. The summed E-state index contributed by atoms with van der Waals surface area (Å²) in [4.78, 5) is 18.2. The number of halogens is 4. The van der Waals surface area contributed by atoms with Crippen LogP contribution >= 0.6 is 0 Å². The van der Waals surface area contributed by atoms with Crippen molar-refractivity contribution in [3.05, 3.63) is 76.7 Å². The summed E-state index contributed by atoms with van der Waals surface area (Å²) in [5.41, 5.74) is 2.07. The third-order valence-corrected chi connectivity index (χ3v) is 5.41. The van der Waals surface area contributed by atoms with Crippen molar-refractivity contribution in [3.63, 3.8) is 0 Å². The quantitative estimate of drug-likeness (QED) is 0.319. The van der Waals surface area contributed by atoms with E-state index in [9.17, 15) is 27.5 Å². The third-order valence-electron chi connectivity index (χ3n) is 5.41. The van der Waals surface area contributed by atoms with E-state index in [1.54, 1.807) is 46.0 Å². The first-order valence-electron chi connectivity index (χ1n) is 10.8. The van der Waals surface area contributed by atoms with Crippen molar-refractivity contribution in [2.75, 3.05) is 18.6 Å². The average molecular weight is 490 g/mol. The zero-order valence-corrected chi connectivity index (χ0v) is 19.8. The molecule has 0 saturated heterocycles. The zero-order chi connectivity index (χ0) is 26.0. The van der Waals surface area contributed by atoms with Crippen molar-refractivity contribution < 1.29 is 32.2 Å². The number of aryl methyl sites for hydroxylation is 1. The van der Waals surface area contributed by atoms with Crippen LogP contribution in [-0.4, -0.2) is 36.2 Å². The number of anilines is 1. The summed E-state index contributed by atoms with van der Waals surface area (Å²) in [7, 11) is 1.78. The monoisotopic (exact) mass is 490 g/mol. The number of carbonyl (C=O) groups is 1. The van der Waals surface area contributed by atoms with Gasteiger partial charge in [-0.25, -0.2) is 4.39 Å². The summed E-state index contributed by atoms with van der Waals surface area (Å²) >= 11 is 0. The second kappa shape index (κ2) is 10.0. The lowest BCUT2D eigenvalue weighted by molar-refractivity contribution is -0.153. The van der Waals surface area contributed by atoms with E-state index in [1.165, 1.54) is 6.07 Å². The first kappa shape index (κ1) is 26.2. The molecule has 0 bridgehead atoms. The van der Waals surface area contributed by atoms with Crippen molar-refractivity contribution in [1.82, 2.24) is 4.98 Å². The van der Waals surface area contributed by atoms with Gasteiger partial charge < -0.3 is 14.7 Å². The Morgan fingerprint density at radius 1 is 1.09 bits per heavy atom. The van der Waals surface area contributed by atoms with Crippen LogP contribution in [0.2, 0.25) is 0 Å². The number of pyridine rings is 1. The Bertz CT molecular complexity index is 1200. The van der Waals surface area contributed by atoms with Gasteiger partial charge in [0.1, 0.15) is 11.6 Å². The fourth-order valence-corrected chi connectivity index (χ4v) is 3.64. The molecule has 0 unspecified atom stereocenters. The van der Waals surface area contributed by atoms with Gasteiger partial charge in [-0.1, -0.05) is 12.1 Å². The molecule has 1 aromatic heterocycles. The molecule has 0 saturated carbocycles. The number of nitrogens with zero attached hydrogens (tertiary/aromatic N) is 2. The summed E-state index contributed by atoms with van der Waals surface area (Å²) < 4.78 is 57.2. The highest BCUT2D eigenvalue weighted by Crippen LogP contribution is 2.35. The van der Waals surface area contributed by atoms with Gasteiger partial charge in [-0.15, -0.1) is 0 Å². The topological polar surface area (TPSA) is 62.7 Å². The first-order valence-corrected chi connectivity index (χ1v) is 10.8. The number of carbonyl (C=O) groups excluding carboxylic acids is 1. The van der Waals surface area contributed by atoms with E-state index in [0.717, 1.165) is 23.4 Å². The molecule has 0 fully saturated rings. The predicted molar refractivity (Wildman–Crippen MR) is 125 cm³/mol. The highest BCUT2D eigenvalue weighted by Gasteiger charge is 2.29. The Balaban J connectivity index is 2.06. The molecule has 9 heteroatoms. The molecule has 2 aromatic carbocycles. The summed E-state index contributed by atoms with van der Waals surface area (Å²) in [6, 6.07) is 12.0. The lowest BCUT2D eigenvalue weighted by atomic mass is 9.97. The van der Waals surface area contributed by atoms with E-state index in [0.29, 0.717) is 23.1 Å². The largest absolute Gasteiger partial charge is 0.483 e. The third kappa shape index (κ3) is 6.57. The van der Waals surface area contributed by atoms with Gasteiger partial charge in [0.2, 0.25) is 0 Å². The standard InChI is InChI=1S/C26H26F4N2O3/c1-16-11-17(14-33)22(13-32(4)20-8-5-18(6-9-20)25(2,3)34)24(31-16)21-10-7-19(27)12-23(21)35-15-26(28,29)30/h5-12,14,34H,13,15H2,1-4H3. The van der Waals surface area contributed by atoms with E-state index in [-0.39, 0.29) is 23.6 Å². The maximum absolute atomic E-state index is 13.9. The number of alkyl halides is 3. The van der Waals surface area contributed by atoms with Crippen LogP contribution in [0, 0.1) is 12.7 Å². The molecular formula is C26H26F4N2O3. The van der Waals surface area contributed by atoms with Crippen LogP contribution < -0.4 is 9.64 Å². The number of ether oxygens (including phenoxy) is 1. The van der Waals surface area contributed by atoms with Gasteiger partial charge in [-0.3, -0.25) is 9.78 Å².